The first-order valence-electron chi connectivity index (χ1n) is 5.60. The Kier molecular flexibility index (Phi) is 4.12. The number of carbonyl (C=O) groups excluding carboxylic acids is 1. The highest BCUT2D eigenvalue weighted by Gasteiger charge is 2.11. The van der Waals surface area contributed by atoms with E-state index in [0.717, 1.165) is 15.7 Å². The molecule has 98 valence electrons. The maximum Gasteiger partial charge on any atom is 0.257 e. The van der Waals surface area contributed by atoms with E-state index < -0.39 is 0 Å². The number of amides is 1. The van der Waals surface area contributed by atoms with Crippen molar-refractivity contribution in [2.75, 3.05) is 11.1 Å². The van der Waals surface area contributed by atoms with Gasteiger partial charge in [0.1, 0.15) is 0 Å². The lowest BCUT2D eigenvalue weighted by atomic mass is 10.1. The molecule has 0 heterocycles. The zero-order valence-corrected chi connectivity index (χ0v) is 12.5. The number of hydrogen-bond donors (Lipinski definition) is 2. The summed E-state index contributed by atoms with van der Waals surface area (Å²) in [6.45, 7) is 1.92. The Balaban J connectivity index is 2.25. The molecule has 0 saturated carbocycles. The quantitative estimate of drug-likeness (QED) is 0.804. The lowest BCUT2D eigenvalue weighted by Gasteiger charge is -2.10. The Hall–Kier alpha value is -1.52. The number of benzene rings is 2. The van der Waals surface area contributed by atoms with Crippen molar-refractivity contribution in [3.05, 3.63) is 57.0 Å². The summed E-state index contributed by atoms with van der Waals surface area (Å²) >= 11 is 9.39. The molecule has 0 unspecified atom stereocenters. The van der Waals surface area contributed by atoms with E-state index >= 15 is 0 Å². The summed E-state index contributed by atoms with van der Waals surface area (Å²) in [7, 11) is 0. The zero-order valence-electron chi connectivity index (χ0n) is 10.2. The van der Waals surface area contributed by atoms with E-state index in [0.29, 0.717) is 16.3 Å². The second kappa shape index (κ2) is 5.63. The highest BCUT2D eigenvalue weighted by atomic mass is 79.9. The van der Waals surface area contributed by atoms with Crippen LogP contribution in [-0.2, 0) is 0 Å². The van der Waals surface area contributed by atoms with Crippen LogP contribution in [0.5, 0.6) is 0 Å². The summed E-state index contributed by atoms with van der Waals surface area (Å²) in [4.78, 5) is 12.1. The van der Waals surface area contributed by atoms with Gasteiger partial charge in [0.05, 0.1) is 10.6 Å². The molecule has 19 heavy (non-hydrogen) atoms. The fourth-order valence-corrected chi connectivity index (χ4v) is 2.42. The van der Waals surface area contributed by atoms with Crippen molar-refractivity contribution in [1.29, 1.82) is 0 Å². The lowest BCUT2D eigenvalue weighted by Crippen LogP contribution is -2.13. The van der Waals surface area contributed by atoms with Crippen molar-refractivity contribution in [3.8, 4) is 0 Å². The molecule has 0 spiro atoms. The summed E-state index contributed by atoms with van der Waals surface area (Å²) in [5.74, 6) is -0.254. The zero-order chi connectivity index (χ0) is 14.0. The molecule has 2 aromatic carbocycles. The average Bonchev–Trinajstić information content (AvgIpc) is 2.32. The van der Waals surface area contributed by atoms with Crippen LogP contribution in [0.3, 0.4) is 0 Å². The highest BCUT2D eigenvalue weighted by molar-refractivity contribution is 9.10. The van der Waals surface area contributed by atoms with Crippen LogP contribution in [0.4, 0.5) is 11.4 Å². The SMILES string of the molecule is Cc1cc(Br)ccc1NC(=O)c1ccc(N)cc1Cl. The monoisotopic (exact) mass is 338 g/mol. The molecule has 0 aliphatic carbocycles. The van der Waals surface area contributed by atoms with Crippen molar-refractivity contribution in [2.24, 2.45) is 0 Å². The molecular weight excluding hydrogens is 328 g/mol. The molecule has 0 fully saturated rings. The lowest BCUT2D eigenvalue weighted by molar-refractivity contribution is 0.102. The smallest absolute Gasteiger partial charge is 0.257 e. The van der Waals surface area contributed by atoms with E-state index in [9.17, 15) is 4.79 Å². The fourth-order valence-electron chi connectivity index (χ4n) is 1.67. The fraction of sp³-hybridized carbons (Fsp3) is 0.0714. The second-order valence-corrected chi connectivity index (χ2v) is 5.48. The van der Waals surface area contributed by atoms with Crippen LogP contribution in [0.1, 0.15) is 15.9 Å². The number of nitrogens with one attached hydrogen (secondary N) is 1. The summed E-state index contributed by atoms with van der Waals surface area (Å²) < 4.78 is 0.966. The first-order chi connectivity index (χ1) is 8.97. The van der Waals surface area contributed by atoms with Crippen LogP contribution in [0.25, 0.3) is 0 Å². The van der Waals surface area contributed by atoms with E-state index in [-0.39, 0.29) is 5.91 Å². The number of carbonyl (C=O) groups is 1. The summed E-state index contributed by atoms with van der Waals surface area (Å²) in [5.41, 5.74) is 8.25. The Labute approximate surface area is 124 Å². The minimum absolute atomic E-state index is 0.254. The molecule has 1 amide bonds. The summed E-state index contributed by atoms with van der Waals surface area (Å²) in [5, 5.41) is 3.17. The normalized spacial score (nSPS) is 10.3. The van der Waals surface area contributed by atoms with Crippen LogP contribution in [-0.4, -0.2) is 5.91 Å². The van der Waals surface area contributed by atoms with E-state index in [2.05, 4.69) is 21.2 Å². The highest BCUT2D eigenvalue weighted by Crippen LogP contribution is 2.23. The van der Waals surface area contributed by atoms with Crippen LogP contribution >= 0.6 is 27.5 Å². The van der Waals surface area contributed by atoms with Crippen LogP contribution in [0, 0.1) is 6.92 Å². The molecule has 3 N–H and O–H groups in total. The largest absolute Gasteiger partial charge is 0.399 e. The summed E-state index contributed by atoms with van der Waals surface area (Å²) in [6.07, 6.45) is 0. The molecule has 0 aliphatic heterocycles. The standard InChI is InChI=1S/C14H12BrClN2O/c1-8-6-9(15)2-5-13(8)18-14(19)11-4-3-10(17)7-12(11)16/h2-7H,17H2,1H3,(H,18,19). The molecule has 0 saturated heterocycles. The third kappa shape index (κ3) is 3.28. The minimum Gasteiger partial charge on any atom is -0.399 e. The van der Waals surface area contributed by atoms with Gasteiger partial charge in [-0.2, -0.15) is 0 Å². The first kappa shape index (κ1) is 13.9. The van der Waals surface area contributed by atoms with Crippen molar-refractivity contribution in [1.82, 2.24) is 0 Å². The minimum atomic E-state index is -0.254. The number of nitrogen functional groups attached to an aromatic ring is 1. The van der Waals surface area contributed by atoms with Crippen molar-refractivity contribution < 1.29 is 4.79 Å². The van der Waals surface area contributed by atoms with Crippen LogP contribution in [0.15, 0.2) is 40.9 Å². The van der Waals surface area contributed by atoms with E-state index in [1.807, 2.05) is 25.1 Å². The molecule has 2 rings (SSSR count). The third-order valence-electron chi connectivity index (χ3n) is 2.67. The second-order valence-electron chi connectivity index (χ2n) is 4.15. The Morgan fingerprint density at radius 3 is 2.63 bits per heavy atom. The molecular formula is C14H12BrClN2O. The Morgan fingerprint density at radius 1 is 1.26 bits per heavy atom. The summed E-state index contributed by atoms with van der Waals surface area (Å²) in [6, 6.07) is 10.5. The van der Waals surface area contributed by atoms with Gasteiger partial charge in [0.2, 0.25) is 0 Å². The topological polar surface area (TPSA) is 55.1 Å². The van der Waals surface area contributed by atoms with Gasteiger partial charge in [-0.15, -0.1) is 0 Å². The van der Waals surface area contributed by atoms with Crippen LogP contribution < -0.4 is 11.1 Å². The molecule has 0 aromatic heterocycles. The van der Waals surface area contributed by atoms with E-state index in [1.54, 1.807) is 18.2 Å². The van der Waals surface area contributed by atoms with Gasteiger partial charge in [-0.25, -0.2) is 0 Å². The maximum absolute atomic E-state index is 12.1. The first-order valence-corrected chi connectivity index (χ1v) is 6.77. The van der Waals surface area contributed by atoms with Gasteiger partial charge in [0, 0.05) is 15.8 Å². The molecule has 2 aromatic rings. The average molecular weight is 340 g/mol. The number of anilines is 2. The van der Waals surface area contributed by atoms with Gasteiger partial charge in [0.25, 0.3) is 5.91 Å². The molecule has 0 atom stereocenters. The van der Waals surface area contributed by atoms with Crippen molar-refractivity contribution in [3.63, 3.8) is 0 Å². The number of hydrogen-bond acceptors (Lipinski definition) is 2. The van der Waals surface area contributed by atoms with Crippen LogP contribution in [0.2, 0.25) is 5.02 Å². The molecule has 3 nitrogen and oxygen atoms in total. The van der Waals surface area contributed by atoms with Gasteiger partial charge in [0.15, 0.2) is 0 Å². The molecule has 0 aliphatic rings. The van der Waals surface area contributed by atoms with Gasteiger partial charge >= 0.3 is 0 Å². The predicted molar refractivity (Wildman–Crippen MR) is 82.7 cm³/mol. The molecule has 0 radical (unpaired) electrons. The van der Waals surface area contributed by atoms with E-state index in [4.69, 9.17) is 17.3 Å². The van der Waals surface area contributed by atoms with E-state index in [1.165, 1.54) is 0 Å². The molecule has 0 bridgehead atoms. The number of rotatable bonds is 2. The predicted octanol–water partition coefficient (Wildman–Crippen LogP) is 4.25. The van der Waals surface area contributed by atoms with Crippen molar-refractivity contribution in [2.45, 2.75) is 6.92 Å². The number of aryl methyl sites for hydroxylation is 1. The van der Waals surface area contributed by atoms with Crippen molar-refractivity contribution >= 4 is 44.8 Å². The third-order valence-corrected chi connectivity index (χ3v) is 3.48. The Bertz CT molecular complexity index is 643. The number of halogens is 2. The van der Waals surface area contributed by atoms with Gasteiger partial charge in [-0.1, -0.05) is 27.5 Å². The molecule has 5 heteroatoms. The number of nitrogens with two attached hydrogens (primary N) is 1. The van der Waals surface area contributed by atoms with Gasteiger partial charge < -0.3 is 11.1 Å². The van der Waals surface area contributed by atoms with Gasteiger partial charge in [-0.3, -0.25) is 4.79 Å². The van der Waals surface area contributed by atoms with Gasteiger partial charge in [-0.05, 0) is 48.9 Å². The maximum atomic E-state index is 12.1. The Morgan fingerprint density at radius 2 is 2.00 bits per heavy atom.